The molecule has 0 saturated heterocycles. The van der Waals surface area contributed by atoms with E-state index in [4.69, 9.17) is 5.73 Å². The van der Waals surface area contributed by atoms with Crippen LogP contribution in [0.15, 0.2) is 36.7 Å². The monoisotopic (exact) mass is 271 g/mol. The summed E-state index contributed by atoms with van der Waals surface area (Å²) in [7, 11) is 0. The fourth-order valence-corrected chi connectivity index (χ4v) is 2.16. The number of carbonyl (C=O) groups excluding carboxylic acids is 2. The van der Waals surface area contributed by atoms with Gasteiger partial charge in [-0.25, -0.2) is 0 Å². The van der Waals surface area contributed by atoms with Crippen LogP contribution in [0.5, 0.6) is 0 Å². The number of pyridine rings is 1. The van der Waals surface area contributed by atoms with Crippen molar-refractivity contribution in [3.8, 4) is 0 Å². The number of nitrogens with two attached hydrogens (primary N) is 1. The van der Waals surface area contributed by atoms with Gasteiger partial charge in [-0.3, -0.25) is 14.6 Å². The van der Waals surface area contributed by atoms with Crippen molar-refractivity contribution in [1.82, 2.24) is 4.98 Å². The zero-order valence-electron chi connectivity index (χ0n) is 11.3. The molecule has 0 radical (unpaired) electrons. The van der Waals surface area contributed by atoms with Gasteiger partial charge in [0.2, 0.25) is 11.8 Å². The van der Waals surface area contributed by atoms with E-state index in [2.05, 4.69) is 10.3 Å². The van der Waals surface area contributed by atoms with Crippen molar-refractivity contribution >= 4 is 28.3 Å². The van der Waals surface area contributed by atoms with Gasteiger partial charge in [0, 0.05) is 30.6 Å². The van der Waals surface area contributed by atoms with E-state index in [1.54, 1.807) is 12.4 Å². The molecule has 1 atom stereocenters. The number of hydrogen-bond acceptors (Lipinski definition) is 3. The van der Waals surface area contributed by atoms with E-state index in [0.29, 0.717) is 0 Å². The minimum absolute atomic E-state index is 0.0689. The molecule has 2 aromatic rings. The van der Waals surface area contributed by atoms with Crippen LogP contribution in [-0.4, -0.2) is 16.8 Å². The molecule has 20 heavy (non-hydrogen) atoms. The standard InChI is InChI=1S/C15H17N3O2/c1-10(7-14(16)19)8-15(20)18-13-4-2-3-11-5-6-17-9-12(11)13/h2-6,9-10H,7-8H2,1H3,(H2,16,19)(H,18,20)/t10-/m1/s1. The molecule has 0 spiro atoms. The molecule has 1 aromatic carbocycles. The Bertz CT molecular complexity index is 635. The largest absolute Gasteiger partial charge is 0.370 e. The molecule has 0 bridgehead atoms. The topological polar surface area (TPSA) is 85.1 Å². The molecule has 1 aromatic heterocycles. The molecule has 104 valence electrons. The maximum atomic E-state index is 12.0. The van der Waals surface area contributed by atoms with Gasteiger partial charge in [-0.1, -0.05) is 19.1 Å². The smallest absolute Gasteiger partial charge is 0.224 e. The molecule has 5 nitrogen and oxygen atoms in total. The van der Waals surface area contributed by atoms with E-state index in [-0.39, 0.29) is 30.6 Å². The Labute approximate surface area is 117 Å². The van der Waals surface area contributed by atoms with Crippen molar-refractivity contribution in [3.63, 3.8) is 0 Å². The number of rotatable bonds is 5. The molecule has 0 aliphatic carbocycles. The molecule has 2 amide bonds. The van der Waals surface area contributed by atoms with E-state index in [9.17, 15) is 9.59 Å². The summed E-state index contributed by atoms with van der Waals surface area (Å²) >= 11 is 0. The van der Waals surface area contributed by atoms with Crippen molar-refractivity contribution in [2.45, 2.75) is 19.8 Å². The fraction of sp³-hybridized carbons (Fsp3) is 0.267. The van der Waals surface area contributed by atoms with Crippen LogP contribution in [0.4, 0.5) is 5.69 Å². The number of hydrogen-bond donors (Lipinski definition) is 2. The molecule has 2 rings (SSSR count). The molecule has 0 unspecified atom stereocenters. The molecule has 0 aliphatic rings. The highest BCUT2D eigenvalue weighted by Gasteiger charge is 2.12. The fourth-order valence-electron chi connectivity index (χ4n) is 2.16. The lowest BCUT2D eigenvalue weighted by molar-refractivity contribution is -0.119. The van der Waals surface area contributed by atoms with Gasteiger partial charge in [0.15, 0.2) is 0 Å². The summed E-state index contributed by atoms with van der Waals surface area (Å²) in [4.78, 5) is 26.8. The Balaban J connectivity index is 2.08. The van der Waals surface area contributed by atoms with Gasteiger partial charge >= 0.3 is 0 Å². The van der Waals surface area contributed by atoms with Gasteiger partial charge < -0.3 is 11.1 Å². The zero-order valence-corrected chi connectivity index (χ0v) is 11.3. The summed E-state index contributed by atoms with van der Waals surface area (Å²) in [6.07, 6.45) is 3.91. The molecule has 1 heterocycles. The van der Waals surface area contributed by atoms with Crippen molar-refractivity contribution in [3.05, 3.63) is 36.7 Å². The third kappa shape index (κ3) is 3.54. The highest BCUT2D eigenvalue weighted by molar-refractivity contribution is 6.01. The second-order valence-electron chi connectivity index (χ2n) is 4.93. The SMILES string of the molecule is C[C@H](CC(N)=O)CC(=O)Nc1cccc2ccncc12. The van der Waals surface area contributed by atoms with Crippen LogP contribution < -0.4 is 11.1 Å². The number of anilines is 1. The number of aromatic nitrogens is 1. The van der Waals surface area contributed by atoms with Crippen molar-refractivity contribution < 1.29 is 9.59 Å². The summed E-state index contributed by atoms with van der Waals surface area (Å²) in [6.45, 7) is 1.83. The lowest BCUT2D eigenvalue weighted by Crippen LogP contribution is -2.20. The molecule has 0 fully saturated rings. The minimum Gasteiger partial charge on any atom is -0.370 e. The Morgan fingerprint density at radius 2 is 2.10 bits per heavy atom. The van der Waals surface area contributed by atoms with Crippen LogP contribution in [-0.2, 0) is 9.59 Å². The molecular weight excluding hydrogens is 254 g/mol. The minimum atomic E-state index is -0.389. The van der Waals surface area contributed by atoms with Crippen molar-refractivity contribution in [2.24, 2.45) is 11.7 Å². The second kappa shape index (κ2) is 6.14. The van der Waals surface area contributed by atoms with E-state index in [1.807, 2.05) is 31.2 Å². The molecule has 3 N–H and O–H groups in total. The van der Waals surface area contributed by atoms with Gasteiger partial charge in [-0.2, -0.15) is 0 Å². The van der Waals surface area contributed by atoms with Crippen LogP contribution in [0.1, 0.15) is 19.8 Å². The molecule has 0 saturated carbocycles. The lowest BCUT2D eigenvalue weighted by Gasteiger charge is -2.11. The zero-order chi connectivity index (χ0) is 14.5. The first-order valence-electron chi connectivity index (χ1n) is 6.47. The first kappa shape index (κ1) is 14.0. The average molecular weight is 271 g/mol. The van der Waals surface area contributed by atoms with Gasteiger partial charge in [-0.05, 0) is 23.4 Å². The first-order valence-corrected chi connectivity index (χ1v) is 6.47. The Morgan fingerprint density at radius 1 is 1.30 bits per heavy atom. The summed E-state index contributed by atoms with van der Waals surface area (Å²) in [5.41, 5.74) is 5.85. The van der Waals surface area contributed by atoms with E-state index >= 15 is 0 Å². The van der Waals surface area contributed by atoms with E-state index in [1.165, 1.54) is 0 Å². The third-order valence-corrected chi connectivity index (χ3v) is 3.04. The van der Waals surface area contributed by atoms with Gasteiger partial charge in [0.25, 0.3) is 0 Å². The highest BCUT2D eigenvalue weighted by atomic mass is 16.2. The summed E-state index contributed by atoms with van der Waals surface area (Å²) in [5.74, 6) is -0.588. The predicted molar refractivity (Wildman–Crippen MR) is 78.0 cm³/mol. The van der Waals surface area contributed by atoms with Crippen molar-refractivity contribution in [2.75, 3.05) is 5.32 Å². The number of nitrogens with one attached hydrogen (secondary N) is 1. The molecule has 0 aliphatic heterocycles. The maximum absolute atomic E-state index is 12.0. The van der Waals surface area contributed by atoms with E-state index < -0.39 is 0 Å². The number of benzene rings is 1. The van der Waals surface area contributed by atoms with Crippen LogP contribution >= 0.6 is 0 Å². The number of carbonyl (C=O) groups is 2. The van der Waals surface area contributed by atoms with Crippen LogP contribution in [0.3, 0.4) is 0 Å². The Hall–Kier alpha value is -2.43. The number of primary amides is 1. The van der Waals surface area contributed by atoms with Crippen LogP contribution in [0, 0.1) is 5.92 Å². The average Bonchev–Trinajstić information content (AvgIpc) is 2.38. The van der Waals surface area contributed by atoms with Crippen LogP contribution in [0.25, 0.3) is 10.8 Å². The highest BCUT2D eigenvalue weighted by Crippen LogP contribution is 2.22. The van der Waals surface area contributed by atoms with Crippen LogP contribution in [0.2, 0.25) is 0 Å². The molecular formula is C15H17N3O2. The normalized spacial score (nSPS) is 12.1. The second-order valence-corrected chi connectivity index (χ2v) is 4.93. The van der Waals surface area contributed by atoms with Gasteiger partial charge in [0.05, 0.1) is 5.69 Å². The quantitative estimate of drug-likeness (QED) is 0.873. The van der Waals surface area contributed by atoms with Crippen molar-refractivity contribution in [1.29, 1.82) is 0 Å². The predicted octanol–water partition coefficient (Wildman–Crippen LogP) is 2.07. The Kier molecular flexibility index (Phi) is 4.30. The van der Waals surface area contributed by atoms with Gasteiger partial charge in [-0.15, -0.1) is 0 Å². The maximum Gasteiger partial charge on any atom is 0.224 e. The number of amides is 2. The number of fused-ring (bicyclic) bond motifs is 1. The van der Waals surface area contributed by atoms with Gasteiger partial charge in [0.1, 0.15) is 0 Å². The summed E-state index contributed by atoms with van der Waals surface area (Å²) in [5, 5.41) is 4.77. The number of nitrogens with zero attached hydrogens (tertiary/aromatic N) is 1. The lowest BCUT2D eigenvalue weighted by atomic mass is 10.0. The Morgan fingerprint density at radius 3 is 2.85 bits per heavy atom. The van der Waals surface area contributed by atoms with E-state index in [0.717, 1.165) is 16.5 Å². The third-order valence-electron chi connectivity index (χ3n) is 3.04. The first-order chi connectivity index (χ1) is 9.56. The summed E-state index contributed by atoms with van der Waals surface area (Å²) < 4.78 is 0. The summed E-state index contributed by atoms with van der Waals surface area (Å²) in [6, 6.07) is 7.56. The molecule has 5 heteroatoms.